The Balaban J connectivity index is 1.10. The Morgan fingerprint density at radius 1 is 0.333 bits per heavy atom. The molecule has 0 bridgehead atoms. The van der Waals surface area contributed by atoms with E-state index in [0.29, 0.717) is 0 Å². The normalized spacial score (nSPS) is 12.3. The average Bonchev–Trinajstić information content (AvgIpc) is 3.92. The van der Waals surface area contributed by atoms with E-state index < -0.39 is 0 Å². The highest BCUT2D eigenvalue weighted by molar-refractivity contribution is 6.27. The van der Waals surface area contributed by atoms with E-state index in [9.17, 15) is 4.79 Å². The van der Waals surface area contributed by atoms with Gasteiger partial charge in [0, 0.05) is 54.2 Å². The zero-order valence-corrected chi connectivity index (χ0v) is 30.6. The van der Waals surface area contributed by atoms with Crippen LogP contribution in [0.15, 0.2) is 193 Å². The van der Waals surface area contributed by atoms with Crippen molar-refractivity contribution in [3.05, 3.63) is 198 Å². The summed E-state index contributed by atoms with van der Waals surface area (Å²) in [5.74, 6) is 0. The third-order valence-corrected chi connectivity index (χ3v) is 12.4. The summed E-state index contributed by atoms with van der Waals surface area (Å²) < 4.78 is 6.80. The standard InChI is InChI=1S/C53H31N3O/c57-53-42-26-25-32(31-44(42)40-21-12-20-39-37-17-7-10-23-46(37)56(53)51(39)40)34-27-29-48(36-16-5-4-15-35(34)36)55-45-22-9-6-18-38(45)41-28-30-49-50(52(41)55)43-19-8-11-24-47(43)54(49)33-13-2-1-3-14-33/h1-31H. The number of para-hydroxylation sites is 5. The van der Waals surface area contributed by atoms with Crippen LogP contribution in [0.5, 0.6) is 0 Å². The molecular weight excluding hydrogens is 695 g/mol. The second-order valence-electron chi connectivity index (χ2n) is 15.2. The Morgan fingerprint density at radius 2 is 0.912 bits per heavy atom. The third-order valence-electron chi connectivity index (χ3n) is 12.4. The maximum atomic E-state index is 14.2. The van der Waals surface area contributed by atoms with Gasteiger partial charge >= 0.3 is 0 Å². The number of fused-ring (bicyclic) bond motifs is 13. The van der Waals surface area contributed by atoms with Gasteiger partial charge in [0.2, 0.25) is 0 Å². The summed E-state index contributed by atoms with van der Waals surface area (Å²) in [7, 11) is 0. The van der Waals surface area contributed by atoms with Crippen LogP contribution < -0.4 is 5.56 Å². The number of nitrogens with zero attached hydrogens (tertiary/aromatic N) is 3. The smallest absolute Gasteiger partial charge is 0.263 e. The molecule has 4 aromatic heterocycles. The van der Waals surface area contributed by atoms with Crippen molar-refractivity contribution in [3.63, 3.8) is 0 Å². The highest BCUT2D eigenvalue weighted by Crippen LogP contribution is 2.44. The zero-order valence-electron chi connectivity index (χ0n) is 30.6. The summed E-state index contributed by atoms with van der Waals surface area (Å²) in [6.45, 7) is 0. The summed E-state index contributed by atoms with van der Waals surface area (Å²) in [5, 5.41) is 12.2. The van der Waals surface area contributed by atoms with Gasteiger partial charge in [-0.15, -0.1) is 0 Å². The Morgan fingerprint density at radius 3 is 1.70 bits per heavy atom. The van der Waals surface area contributed by atoms with Crippen LogP contribution >= 0.6 is 0 Å². The van der Waals surface area contributed by atoms with E-state index in [1.54, 1.807) is 0 Å². The van der Waals surface area contributed by atoms with Crippen molar-refractivity contribution in [2.45, 2.75) is 0 Å². The van der Waals surface area contributed by atoms with Crippen molar-refractivity contribution in [3.8, 4) is 22.5 Å². The molecule has 0 aliphatic rings. The molecule has 4 heterocycles. The fourth-order valence-corrected chi connectivity index (χ4v) is 10.0. The number of benzene rings is 9. The van der Waals surface area contributed by atoms with Crippen LogP contribution in [0.3, 0.4) is 0 Å². The van der Waals surface area contributed by atoms with Crippen molar-refractivity contribution < 1.29 is 0 Å². The molecule has 0 aliphatic carbocycles. The van der Waals surface area contributed by atoms with Gasteiger partial charge < -0.3 is 9.13 Å². The molecule has 4 nitrogen and oxygen atoms in total. The number of pyridine rings is 1. The molecule has 0 saturated heterocycles. The van der Waals surface area contributed by atoms with Crippen LogP contribution in [0.1, 0.15) is 0 Å². The first kappa shape index (κ1) is 30.6. The number of aromatic nitrogens is 3. The molecule has 0 amide bonds. The maximum Gasteiger partial charge on any atom is 0.263 e. The van der Waals surface area contributed by atoms with Gasteiger partial charge in [-0.2, -0.15) is 0 Å². The molecule has 13 aromatic rings. The zero-order chi connectivity index (χ0) is 37.4. The van der Waals surface area contributed by atoms with Gasteiger partial charge in [0.15, 0.2) is 0 Å². The minimum atomic E-state index is 0.0213. The highest BCUT2D eigenvalue weighted by Gasteiger charge is 2.23. The summed E-state index contributed by atoms with van der Waals surface area (Å²) >= 11 is 0. The number of rotatable bonds is 3. The van der Waals surface area contributed by atoms with Crippen molar-refractivity contribution in [2.24, 2.45) is 0 Å². The molecule has 9 aromatic carbocycles. The third kappa shape index (κ3) is 3.98. The van der Waals surface area contributed by atoms with Gasteiger partial charge in [0.1, 0.15) is 0 Å². The van der Waals surface area contributed by atoms with Crippen LogP contribution in [0, 0.1) is 0 Å². The number of hydrogen-bond acceptors (Lipinski definition) is 1. The average molecular weight is 726 g/mol. The van der Waals surface area contributed by atoms with E-state index in [1.165, 1.54) is 43.6 Å². The molecule has 0 spiro atoms. The molecule has 13 rings (SSSR count). The summed E-state index contributed by atoms with van der Waals surface area (Å²) in [6.07, 6.45) is 0. The van der Waals surface area contributed by atoms with E-state index in [4.69, 9.17) is 0 Å². The van der Waals surface area contributed by atoms with Gasteiger partial charge in [0.05, 0.1) is 38.8 Å². The second-order valence-corrected chi connectivity index (χ2v) is 15.2. The molecule has 0 saturated carbocycles. The molecule has 264 valence electrons. The van der Waals surface area contributed by atoms with Gasteiger partial charge in [-0.1, -0.05) is 133 Å². The maximum absolute atomic E-state index is 14.2. The summed E-state index contributed by atoms with van der Waals surface area (Å²) in [4.78, 5) is 14.2. The first-order chi connectivity index (χ1) is 28.2. The van der Waals surface area contributed by atoms with Gasteiger partial charge in [-0.3, -0.25) is 9.20 Å². The molecule has 0 unspecified atom stereocenters. The molecule has 0 atom stereocenters. The molecule has 0 fully saturated rings. The van der Waals surface area contributed by atoms with Gasteiger partial charge in [0.25, 0.3) is 5.56 Å². The summed E-state index contributed by atoms with van der Waals surface area (Å²) in [5.41, 5.74) is 11.2. The fourth-order valence-electron chi connectivity index (χ4n) is 10.0. The van der Waals surface area contributed by atoms with E-state index in [2.05, 4.69) is 173 Å². The molecule has 0 radical (unpaired) electrons. The van der Waals surface area contributed by atoms with Crippen molar-refractivity contribution >= 4 is 92.3 Å². The van der Waals surface area contributed by atoms with E-state index in [-0.39, 0.29) is 5.56 Å². The Bertz CT molecular complexity index is 3890. The molecule has 0 aliphatic heterocycles. The van der Waals surface area contributed by atoms with Crippen LogP contribution in [0.2, 0.25) is 0 Å². The second kappa shape index (κ2) is 11.2. The van der Waals surface area contributed by atoms with Gasteiger partial charge in [-0.25, -0.2) is 0 Å². The monoisotopic (exact) mass is 725 g/mol. The lowest BCUT2D eigenvalue weighted by Gasteiger charge is -2.16. The van der Waals surface area contributed by atoms with Crippen LogP contribution in [-0.2, 0) is 0 Å². The Labute approximate surface area is 325 Å². The van der Waals surface area contributed by atoms with Crippen LogP contribution in [0.25, 0.3) is 115 Å². The van der Waals surface area contributed by atoms with Crippen LogP contribution in [0.4, 0.5) is 0 Å². The molecule has 57 heavy (non-hydrogen) atoms. The van der Waals surface area contributed by atoms with Crippen molar-refractivity contribution in [1.82, 2.24) is 13.5 Å². The minimum Gasteiger partial charge on any atom is -0.309 e. The number of hydrogen-bond donors (Lipinski definition) is 0. The topological polar surface area (TPSA) is 31.3 Å². The lowest BCUT2D eigenvalue weighted by atomic mass is 9.94. The predicted octanol–water partition coefficient (Wildman–Crippen LogP) is 13.2. The van der Waals surface area contributed by atoms with E-state index >= 15 is 0 Å². The van der Waals surface area contributed by atoms with Gasteiger partial charge in [-0.05, 0) is 76.5 Å². The summed E-state index contributed by atoms with van der Waals surface area (Å²) in [6, 6.07) is 67.2. The molecular formula is C53H31N3O. The Kier molecular flexibility index (Phi) is 6.01. The molecule has 0 N–H and O–H groups in total. The first-order valence-corrected chi connectivity index (χ1v) is 19.5. The molecule has 4 heteroatoms. The largest absolute Gasteiger partial charge is 0.309 e. The van der Waals surface area contributed by atoms with Crippen molar-refractivity contribution in [1.29, 1.82) is 0 Å². The Hall–Kier alpha value is -7.69. The van der Waals surface area contributed by atoms with Crippen LogP contribution in [-0.4, -0.2) is 13.5 Å². The quantitative estimate of drug-likeness (QED) is 0.167. The van der Waals surface area contributed by atoms with E-state index in [0.717, 1.165) is 71.2 Å². The minimum absolute atomic E-state index is 0.0213. The van der Waals surface area contributed by atoms with E-state index in [1.807, 2.05) is 28.7 Å². The fraction of sp³-hybridized carbons (Fsp3) is 0. The SMILES string of the molecule is O=c1c2ccc(-c3ccc(-n4c5ccccc5c5ccc6c(c7ccccc7n6-c6ccccc6)c54)c4ccccc34)cc2c2cccc3c4ccccc4n1c23. The lowest BCUT2D eigenvalue weighted by Crippen LogP contribution is -2.12. The van der Waals surface area contributed by atoms with Crippen molar-refractivity contribution in [2.75, 3.05) is 0 Å². The lowest BCUT2D eigenvalue weighted by molar-refractivity contribution is 1.18. The highest BCUT2D eigenvalue weighted by atomic mass is 16.1. The predicted molar refractivity (Wildman–Crippen MR) is 239 cm³/mol. The first-order valence-electron chi connectivity index (χ1n) is 19.5.